The molecule has 2 aromatic carbocycles. The molecule has 4 rings (SSSR count). The highest BCUT2D eigenvalue weighted by molar-refractivity contribution is 9.10. The maximum atomic E-state index is 14.4. The van der Waals surface area contributed by atoms with E-state index in [0.29, 0.717) is 25.1 Å². The molecule has 1 fully saturated rings. The molecule has 2 N–H and O–H groups in total. The van der Waals surface area contributed by atoms with Gasteiger partial charge in [-0.15, -0.1) is 0 Å². The minimum atomic E-state index is -0.612. The molecule has 0 radical (unpaired) electrons. The van der Waals surface area contributed by atoms with Crippen LogP contribution in [-0.2, 0) is 16.6 Å². The second-order valence-electron chi connectivity index (χ2n) is 7.36. The topological polar surface area (TPSA) is 58.2 Å². The van der Waals surface area contributed by atoms with Gasteiger partial charge in [0.2, 0.25) is 5.91 Å². The average molecular weight is 431 g/mol. The van der Waals surface area contributed by atoms with Gasteiger partial charge in [0.15, 0.2) is 0 Å². The first-order chi connectivity index (χ1) is 13.0. The van der Waals surface area contributed by atoms with Gasteiger partial charge in [0.1, 0.15) is 5.82 Å². The summed E-state index contributed by atoms with van der Waals surface area (Å²) in [6.45, 7) is 0.482. The van der Waals surface area contributed by atoms with E-state index in [1.54, 1.807) is 6.07 Å². The van der Waals surface area contributed by atoms with E-state index in [9.17, 15) is 14.0 Å². The lowest BCUT2D eigenvalue weighted by atomic mass is 9.64. The number of carbonyl (C=O) groups excluding carboxylic acids is 2. The normalized spacial score (nSPS) is 17.5. The van der Waals surface area contributed by atoms with Crippen LogP contribution in [-0.4, -0.2) is 18.4 Å². The van der Waals surface area contributed by atoms with Gasteiger partial charge in [0.05, 0.1) is 5.56 Å². The maximum Gasteiger partial charge on any atom is 0.254 e. The Balaban J connectivity index is 1.52. The fourth-order valence-corrected chi connectivity index (χ4v) is 4.31. The number of rotatable bonds is 4. The maximum absolute atomic E-state index is 14.4. The Morgan fingerprint density at radius 2 is 2.04 bits per heavy atom. The monoisotopic (exact) mass is 430 g/mol. The molecule has 2 aliphatic rings. The first-order valence-electron chi connectivity index (χ1n) is 9.13. The third-order valence-corrected chi connectivity index (χ3v) is 6.16. The highest BCUT2D eigenvalue weighted by Gasteiger charge is 2.39. The van der Waals surface area contributed by atoms with E-state index < -0.39 is 11.7 Å². The van der Waals surface area contributed by atoms with Gasteiger partial charge in [0.25, 0.3) is 5.91 Å². The second kappa shape index (κ2) is 7.08. The first kappa shape index (κ1) is 18.2. The van der Waals surface area contributed by atoms with E-state index in [1.807, 2.05) is 12.1 Å². The van der Waals surface area contributed by atoms with Crippen LogP contribution in [0.25, 0.3) is 0 Å². The highest BCUT2D eigenvalue weighted by atomic mass is 79.9. The molecule has 0 saturated heterocycles. The van der Waals surface area contributed by atoms with Gasteiger partial charge in [-0.05, 0) is 54.7 Å². The summed E-state index contributed by atoms with van der Waals surface area (Å²) in [6, 6.07) is 11.0. The van der Waals surface area contributed by atoms with Crippen molar-refractivity contribution in [3.05, 3.63) is 63.4 Å². The smallest absolute Gasteiger partial charge is 0.254 e. The summed E-state index contributed by atoms with van der Waals surface area (Å²) in [7, 11) is 0. The van der Waals surface area contributed by atoms with Crippen molar-refractivity contribution in [3.63, 3.8) is 0 Å². The van der Waals surface area contributed by atoms with Crippen molar-refractivity contribution >= 4 is 33.4 Å². The van der Waals surface area contributed by atoms with Crippen LogP contribution in [0.15, 0.2) is 40.9 Å². The third kappa shape index (κ3) is 3.50. The van der Waals surface area contributed by atoms with Crippen molar-refractivity contribution in [1.82, 2.24) is 5.32 Å². The molecule has 0 unspecified atom stereocenters. The second-order valence-corrected chi connectivity index (χ2v) is 8.28. The molecule has 0 bridgehead atoms. The fraction of sp³-hybridized carbons (Fsp3) is 0.333. The first-order valence-corrected chi connectivity index (χ1v) is 9.93. The lowest BCUT2D eigenvalue weighted by Crippen LogP contribution is -2.45. The Kier molecular flexibility index (Phi) is 4.76. The number of anilines is 1. The number of benzene rings is 2. The molecule has 1 saturated carbocycles. The van der Waals surface area contributed by atoms with Crippen molar-refractivity contribution in [3.8, 4) is 0 Å². The number of halogens is 2. The van der Waals surface area contributed by atoms with E-state index in [2.05, 4.69) is 38.7 Å². The van der Waals surface area contributed by atoms with Crippen molar-refractivity contribution < 1.29 is 14.0 Å². The van der Waals surface area contributed by atoms with Gasteiger partial charge in [-0.3, -0.25) is 9.59 Å². The number of fused-ring (bicyclic) bond motifs is 1. The number of nitrogens with one attached hydrogen (secondary N) is 2. The summed E-state index contributed by atoms with van der Waals surface area (Å²) in [5, 5.41) is 5.59. The predicted molar refractivity (Wildman–Crippen MR) is 105 cm³/mol. The Morgan fingerprint density at radius 3 is 2.74 bits per heavy atom. The van der Waals surface area contributed by atoms with Crippen LogP contribution in [0.4, 0.5) is 10.1 Å². The van der Waals surface area contributed by atoms with Crippen molar-refractivity contribution in [2.45, 2.75) is 37.5 Å². The largest absolute Gasteiger partial charge is 0.351 e. The minimum Gasteiger partial charge on any atom is -0.351 e. The molecular weight excluding hydrogens is 411 g/mol. The standard InChI is InChI=1S/C21H20BrFN2O2/c22-15-4-1-3-14(10-15)21(7-2-8-21)12-24-20(27)16-9-13-5-6-19(26)25-18(13)11-17(16)23/h1,3-4,9-11H,2,5-8,12H2,(H,24,27)(H,25,26). The lowest BCUT2D eigenvalue weighted by Gasteiger charge is -2.42. The Morgan fingerprint density at radius 1 is 1.22 bits per heavy atom. The van der Waals surface area contributed by atoms with Crippen molar-refractivity contribution in [1.29, 1.82) is 0 Å². The molecule has 1 aliphatic carbocycles. The molecule has 0 aromatic heterocycles. The van der Waals surface area contributed by atoms with Gasteiger partial charge in [-0.1, -0.05) is 34.5 Å². The fourth-order valence-electron chi connectivity index (χ4n) is 3.91. The summed E-state index contributed by atoms with van der Waals surface area (Å²) in [5.41, 5.74) is 2.40. The van der Waals surface area contributed by atoms with Gasteiger partial charge < -0.3 is 10.6 Å². The summed E-state index contributed by atoms with van der Waals surface area (Å²) in [5.74, 6) is -1.15. The predicted octanol–water partition coefficient (Wildman–Crippen LogP) is 4.32. The molecule has 1 heterocycles. The Labute approximate surface area is 165 Å². The van der Waals surface area contributed by atoms with E-state index in [4.69, 9.17) is 0 Å². The molecule has 2 aromatic rings. The molecule has 2 amide bonds. The van der Waals surface area contributed by atoms with E-state index in [-0.39, 0.29) is 16.9 Å². The van der Waals surface area contributed by atoms with Gasteiger partial charge >= 0.3 is 0 Å². The zero-order valence-corrected chi connectivity index (χ0v) is 16.4. The van der Waals surface area contributed by atoms with Crippen LogP contribution in [0, 0.1) is 5.82 Å². The van der Waals surface area contributed by atoms with Crippen LogP contribution >= 0.6 is 15.9 Å². The highest BCUT2D eigenvalue weighted by Crippen LogP contribution is 2.43. The SMILES string of the molecule is O=C1CCc2cc(C(=O)NCC3(c4cccc(Br)c4)CCC3)c(F)cc2N1. The lowest BCUT2D eigenvalue weighted by molar-refractivity contribution is -0.116. The quantitative estimate of drug-likeness (QED) is 0.758. The molecule has 27 heavy (non-hydrogen) atoms. The molecule has 0 atom stereocenters. The molecule has 0 spiro atoms. The van der Waals surface area contributed by atoms with Crippen LogP contribution < -0.4 is 10.6 Å². The Bertz CT molecular complexity index is 924. The molecule has 140 valence electrons. The molecular formula is C21H20BrFN2O2. The van der Waals surface area contributed by atoms with E-state index in [0.717, 1.165) is 29.3 Å². The van der Waals surface area contributed by atoms with E-state index in [1.165, 1.54) is 11.6 Å². The summed E-state index contributed by atoms with van der Waals surface area (Å²) >= 11 is 3.51. The minimum absolute atomic E-state index is 0.0358. The van der Waals surface area contributed by atoms with Crippen LogP contribution in [0.5, 0.6) is 0 Å². The number of hydrogen-bond acceptors (Lipinski definition) is 2. The van der Waals surface area contributed by atoms with Crippen molar-refractivity contribution in [2.75, 3.05) is 11.9 Å². The summed E-state index contributed by atoms with van der Waals surface area (Å²) in [4.78, 5) is 24.1. The number of carbonyl (C=O) groups is 2. The average Bonchev–Trinajstić information content (AvgIpc) is 2.60. The van der Waals surface area contributed by atoms with Gasteiger partial charge in [-0.25, -0.2) is 4.39 Å². The van der Waals surface area contributed by atoms with E-state index >= 15 is 0 Å². The zero-order valence-electron chi connectivity index (χ0n) is 14.8. The number of hydrogen-bond donors (Lipinski definition) is 2. The van der Waals surface area contributed by atoms with Crippen LogP contribution in [0.2, 0.25) is 0 Å². The third-order valence-electron chi connectivity index (χ3n) is 5.67. The Hall–Kier alpha value is -2.21. The van der Waals surface area contributed by atoms with Gasteiger partial charge in [-0.2, -0.15) is 0 Å². The molecule has 4 nitrogen and oxygen atoms in total. The van der Waals surface area contributed by atoms with Crippen LogP contribution in [0.1, 0.15) is 47.2 Å². The van der Waals surface area contributed by atoms with Gasteiger partial charge in [0, 0.05) is 28.5 Å². The molecule has 1 aliphatic heterocycles. The number of aryl methyl sites for hydroxylation is 1. The van der Waals surface area contributed by atoms with Crippen LogP contribution in [0.3, 0.4) is 0 Å². The number of amides is 2. The molecule has 6 heteroatoms. The zero-order chi connectivity index (χ0) is 19.0. The summed E-state index contributed by atoms with van der Waals surface area (Å²) < 4.78 is 15.4. The van der Waals surface area contributed by atoms with Crippen molar-refractivity contribution in [2.24, 2.45) is 0 Å². The summed E-state index contributed by atoms with van der Waals surface area (Å²) in [6.07, 6.45) is 4.00.